The smallest absolute Gasteiger partial charge is 0.341 e. The van der Waals surface area contributed by atoms with E-state index < -0.39 is 18.6 Å². The van der Waals surface area contributed by atoms with E-state index in [-0.39, 0.29) is 56.0 Å². The zero-order valence-electron chi connectivity index (χ0n) is 11.4. The molecule has 1 aromatic rings. The van der Waals surface area contributed by atoms with Gasteiger partial charge in [0.1, 0.15) is 11.7 Å². The van der Waals surface area contributed by atoms with E-state index >= 15 is 0 Å². The van der Waals surface area contributed by atoms with Gasteiger partial charge in [0.05, 0.1) is 21.9 Å². The highest BCUT2D eigenvalue weighted by molar-refractivity contribution is 8.93. The fourth-order valence-corrected chi connectivity index (χ4v) is 2.12. The first-order valence-electron chi connectivity index (χ1n) is 6.07. The van der Waals surface area contributed by atoms with E-state index in [0.717, 1.165) is 0 Å². The van der Waals surface area contributed by atoms with Gasteiger partial charge in [0, 0.05) is 12.6 Å². The Morgan fingerprint density at radius 1 is 1.35 bits per heavy atom. The minimum absolute atomic E-state index is 0. The van der Waals surface area contributed by atoms with Crippen LogP contribution in [0.4, 0.5) is 4.39 Å². The maximum Gasteiger partial charge on any atom is 0.341 e. The van der Waals surface area contributed by atoms with Gasteiger partial charge in [0.25, 0.3) is 0 Å². The molecule has 1 aliphatic heterocycles. The van der Waals surface area contributed by atoms with Gasteiger partial charge in [-0.2, -0.15) is 0 Å². The highest BCUT2D eigenvalue weighted by atomic mass is 79.9. The van der Waals surface area contributed by atoms with Gasteiger partial charge in [0.2, 0.25) is 0 Å². The van der Waals surface area contributed by atoms with Crippen LogP contribution in [0.1, 0.15) is 6.42 Å². The van der Waals surface area contributed by atoms with E-state index in [1.54, 1.807) is 6.07 Å². The molecular formula is C14H11BrCl2FNO4. The second-order valence-electron chi connectivity index (χ2n) is 4.33. The number of ether oxygens (including phenoxy) is 1. The number of rotatable bonds is 4. The summed E-state index contributed by atoms with van der Waals surface area (Å²) in [5, 5.41) is 11.8. The summed E-state index contributed by atoms with van der Waals surface area (Å²) in [7, 11) is 0. The quantitative estimate of drug-likeness (QED) is 0.567. The molecule has 0 fully saturated rings. The van der Waals surface area contributed by atoms with Crippen molar-refractivity contribution in [1.29, 1.82) is 0 Å². The Kier molecular flexibility index (Phi) is 7.05. The molecule has 0 radical (unpaired) electrons. The van der Waals surface area contributed by atoms with Crippen LogP contribution in [0, 0.1) is 0 Å². The number of benzene rings is 1. The maximum atomic E-state index is 12.7. The number of carbonyl (C=O) groups is 2. The summed E-state index contributed by atoms with van der Waals surface area (Å²) in [5.74, 6) is -2.05. The Hall–Kier alpha value is -1.57. The lowest BCUT2D eigenvalue weighted by Gasteiger charge is -2.17. The first kappa shape index (κ1) is 19.5. The molecule has 124 valence electrons. The van der Waals surface area contributed by atoms with Gasteiger partial charge in [-0.25, -0.2) is 14.0 Å². The molecule has 0 atom stereocenters. The van der Waals surface area contributed by atoms with Crippen LogP contribution < -0.4 is 10.1 Å². The summed E-state index contributed by atoms with van der Waals surface area (Å²) in [6.45, 7) is -0.972. The third-order valence-electron chi connectivity index (χ3n) is 2.92. The number of halogens is 4. The van der Waals surface area contributed by atoms with Crippen molar-refractivity contribution in [2.45, 2.75) is 6.42 Å². The van der Waals surface area contributed by atoms with Crippen LogP contribution in [0.3, 0.4) is 0 Å². The predicted octanol–water partition coefficient (Wildman–Crippen LogP) is 3.66. The molecule has 0 unspecified atom stereocenters. The molecule has 0 saturated carbocycles. The van der Waals surface area contributed by atoms with E-state index in [2.05, 4.69) is 5.32 Å². The fraction of sp³-hybridized carbons (Fsp3) is 0.143. The summed E-state index contributed by atoms with van der Waals surface area (Å²) >= 11 is 11.7. The molecule has 5 nitrogen and oxygen atoms in total. The minimum atomic E-state index is -1.31. The summed E-state index contributed by atoms with van der Waals surface area (Å²) in [5.41, 5.74) is -0.287. The first-order chi connectivity index (χ1) is 10.4. The molecular weight excluding hydrogens is 416 g/mol. The van der Waals surface area contributed by atoms with Crippen molar-refractivity contribution in [3.05, 3.63) is 51.3 Å². The van der Waals surface area contributed by atoms with Crippen LogP contribution in [0.5, 0.6) is 5.75 Å². The highest BCUT2D eigenvalue weighted by Gasteiger charge is 2.25. The summed E-state index contributed by atoms with van der Waals surface area (Å²) < 4.78 is 17.8. The minimum Gasteiger partial charge on any atom is -0.478 e. The van der Waals surface area contributed by atoms with Gasteiger partial charge < -0.3 is 15.2 Å². The Bertz CT molecular complexity index is 706. The van der Waals surface area contributed by atoms with Crippen LogP contribution in [0.2, 0.25) is 10.0 Å². The summed E-state index contributed by atoms with van der Waals surface area (Å²) in [4.78, 5) is 23.1. The summed E-state index contributed by atoms with van der Waals surface area (Å²) in [6, 6.07) is 4.53. The van der Waals surface area contributed by atoms with Crippen molar-refractivity contribution in [2.24, 2.45) is 0 Å². The molecule has 0 aliphatic carbocycles. The van der Waals surface area contributed by atoms with E-state index in [9.17, 15) is 14.0 Å². The molecule has 0 bridgehead atoms. The van der Waals surface area contributed by atoms with Gasteiger partial charge in [-0.05, 0) is 12.1 Å². The van der Waals surface area contributed by atoms with Crippen LogP contribution in [-0.4, -0.2) is 23.7 Å². The predicted molar refractivity (Wildman–Crippen MR) is 88.9 cm³/mol. The molecule has 0 spiro atoms. The third-order valence-corrected chi connectivity index (χ3v) is 3.73. The number of esters is 1. The molecule has 2 N–H and O–H groups in total. The number of carboxylic acid groups (broad SMARTS) is 1. The average Bonchev–Trinajstić information content (AvgIpc) is 2.51. The number of nitrogens with one attached hydrogen (secondary N) is 1. The molecule has 9 heteroatoms. The summed E-state index contributed by atoms with van der Waals surface area (Å²) in [6.07, 6.45) is 0.959. The average molecular weight is 427 g/mol. The number of hydrogen-bond acceptors (Lipinski definition) is 4. The first-order valence-corrected chi connectivity index (χ1v) is 6.82. The standard InChI is InChI=1S/C14H10Cl2FNO4.BrH/c15-9-2-1-3-11(12(9)16)22-14(21)7-4-8(13(19)20)10(5-17)18-6-7;/h1-3,6,18H,4-5H2,(H,19,20);1H. The number of carbonyl (C=O) groups excluding carboxylic acids is 1. The molecule has 1 heterocycles. The Labute approximate surface area is 151 Å². The van der Waals surface area contributed by atoms with Crippen LogP contribution >= 0.6 is 40.2 Å². The van der Waals surface area contributed by atoms with Crippen molar-refractivity contribution in [3.63, 3.8) is 0 Å². The fourth-order valence-electron chi connectivity index (χ4n) is 1.79. The number of hydrogen-bond donors (Lipinski definition) is 2. The lowest BCUT2D eigenvalue weighted by atomic mass is 10.0. The number of allylic oxidation sites excluding steroid dienone is 1. The molecule has 0 amide bonds. The normalized spacial score (nSPS) is 13.6. The van der Waals surface area contributed by atoms with Gasteiger partial charge in [-0.15, -0.1) is 17.0 Å². The Balaban J connectivity index is 0.00000264. The van der Waals surface area contributed by atoms with Crippen molar-refractivity contribution < 1.29 is 23.8 Å². The van der Waals surface area contributed by atoms with Crippen LogP contribution in [0.25, 0.3) is 0 Å². The number of carboxylic acids is 1. The van der Waals surface area contributed by atoms with Crippen molar-refractivity contribution in [3.8, 4) is 5.75 Å². The van der Waals surface area contributed by atoms with Crippen LogP contribution in [0.15, 0.2) is 41.2 Å². The van der Waals surface area contributed by atoms with Gasteiger partial charge in [0.15, 0.2) is 5.75 Å². The Morgan fingerprint density at radius 2 is 2.04 bits per heavy atom. The molecule has 2 rings (SSSR count). The SMILES string of the molecule is Br.O=C(O)C1=C(CF)NC=C(C(=O)Oc2cccc(Cl)c2Cl)C1. The molecule has 0 aromatic heterocycles. The number of alkyl halides is 1. The van der Waals surface area contributed by atoms with Gasteiger partial charge >= 0.3 is 11.9 Å². The van der Waals surface area contributed by atoms with E-state index in [0.29, 0.717) is 0 Å². The second kappa shape index (κ2) is 8.33. The number of aliphatic carboxylic acids is 1. The van der Waals surface area contributed by atoms with Crippen molar-refractivity contribution in [1.82, 2.24) is 5.32 Å². The highest BCUT2D eigenvalue weighted by Crippen LogP contribution is 2.32. The van der Waals surface area contributed by atoms with Gasteiger partial charge in [-0.3, -0.25) is 0 Å². The lowest BCUT2D eigenvalue weighted by molar-refractivity contribution is -0.132. The van der Waals surface area contributed by atoms with E-state index in [1.165, 1.54) is 18.3 Å². The van der Waals surface area contributed by atoms with E-state index in [4.69, 9.17) is 33.0 Å². The molecule has 0 saturated heterocycles. The largest absolute Gasteiger partial charge is 0.478 e. The van der Waals surface area contributed by atoms with Crippen molar-refractivity contribution >= 4 is 52.1 Å². The van der Waals surface area contributed by atoms with Crippen molar-refractivity contribution in [2.75, 3.05) is 6.67 Å². The van der Waals surface area contributed by atoms with Gasteiger partial charge in [-0.1, -0.05) is 29.3 Å². The lowest BCUT2D eigenvalue weighted by Crippen LogP contribution is -2.25. The zero-order chi connectivity index (χ0) is 16.3. The number of dihydropyridines is 1. The third kappa shape index (κ3) is 4.46. The Morgan fingerprint density at radius 3 is 2.65 bits per heavy atom. The van der Waals surface area contributed by atoms with E-state index in [1.807, 2.05) is 0 Å². The van der Waals surface area contributed by atoms with Crippen LogP contribution in [-0.2, 0) is 9.59 Å². The maximum absolute atomic E-state index is 12.7. The molecule has 1 aromatic carbocycles. The zero-order valence-corrected chi connectivity index (χ0v) is 14.7. The molecule has 23 heavy (non-hydrogen) atoms. The molecule has 1 aliphatic rings. The second-order valence-corrected chi connectivity index (χ2v) is 5.11. The monoisotopic (exact) mass is 425 g/mol. The topological polar surface area (TPSA) is 75.6 Å².